The van der Waals surface area contributed by atoms with Crippen molar-refractivity contribution in [2.24, 2.45) is 0 Å². The summed E-state index contributed by atoms with van der Waals surface area (Å²) in [5.41, 5.74) is 2.00. The van der Waals surface area contributed by atoms with Gasteiger partial charge in [0.2, 0.25) is 0 Å². The zero-order valence-electron chi connectivity index (χ0n) is 9.44. The summed E-state index contributed by atoms with van der Waals surface area (Å²) in [7, 11) is 0. The van der Waals surface area contributed by atoms with Gasteiger partial charge in [0.25, 0.3) is 0 Å². The van der Waals surface area contributed by atoms with Crippen molar-refractivity contribution in [1.29, 1.82) is 5.26 Å². The van der Waals surface area contributed by atoms with Crippen molar-refractivity contribution in [3.8, 4) is 23.1 Å². The Morgan fingerprint density at radius 2 is 2.39 bits per heavy atom. The van der Waals surface area contributed by atoms with E-state index in [1.54, 1.807) is 11.3 Å². The fourth-order valence-corrected chi connectivity index (χ4v) is 3.32. The molecule has 0 aliphatic carbocycles. The topological polar surface area (TPSA) is 45.9 Å². The number of benzene rings is 1. The molecule has 2 aromatic rings. The second kappa shape index (κ2) is 4.71. The van der Waals surface area contributed by atoms with Crippen LogP contribution in [-0.4, -0.2) is 11.6 Å². The highest BCUT2D eigenvalue weighted by molar-refractivity contribution is 9.10. The highest BCUT2D eigenvalue weighted by Gasteiger charge is 2.20. The van der Waals surface area contributed by atoms with Gasteiger partial charge in [0.15, 0.2) is 0 Å². The van der Waals surface area contributed by atoms with E-state index in [-0.39, 0.29) is 0 Å². The Hall–Kier alpha value is -1.38. The van der Waals surface area contributed by atoms with Crippen molar-refractivity contribution in [2.75, 3.05) is 6.61 Å². The van der Waals surface area contributed by atoms with E-state index in [1.807, 2.05) is 18.2 Å². The summed E-state index contributed by atoms with van der Waals surface area (Å²) in [6.07, 6.45) is 1.23. The maximum absolute atomic E-state index is 8.75. The van der Waals surface area contributed by atoms with Gasteiger partial charge in [-0.1, -0.05) is 15.9 Å². The fourth-order valence-electron chi connectivity index (χ4n) is 1.99. The number of ether oxygens (including phenoxy) is 1. The number of hydrogen-bond acceptors (Lipinski definition) is 4. The molecule has 5 heteroatoms. The molecule has 3 nitrogen and oxygen atoms in total. The molecule has 0 spiro atoms. The molecule has 1 aliphatic rings. The number of fused-ring (bicyclic) bond motifs is 3. The van der Waals surface area contributed by atoms with Gasteiger partial charge in [-0.05, 0) is 18.2 Å². The van der Waals surface area contributed by atoms with Crippen LogP contribution in [0, 0.1) is 11.3 Å². The van der Waals surface area contributed by atoms with Gasteiger partial charge < -0.3 is 4.74 Å². The predicted octanol–water partition coefficient (Wildman–Crippen LogP) is 3.57. The van der Waals surface area contributed by atoms with Gasteiger partial charge in [-0.25, -0.2) is 4.98 Å². The molecule has 0 fully saturated rings. The van der Waals surface area contributed by atoms with Crippen LogP contribution in [0.2, 0.25) is 0 Å². The van der Waals surface area contributed by atoms with Gasteiger partial charge >= 0.3 is 0 Å². The molecular weight excluding hydrogens is 312 g/mol. The molecule has 0 saturated heterocycles. The highest BCUT2D eigenvalue weighted by atomic mass is 79.9. The quantitative estimate of drug-likeness (QED) is 0.806. The van der Waals surface area contributed by atoms with Gasteiger partial charge in [0, 0.05) is 21.3 Å². The summed E-state index contributed by atoms with van der Waals surface area (Å²) in [5.74, 6) is 0.858. The lowest BCUT2D eigenvalue weighted by Gasteiger charge is -2.06. The van der Waals surface area contributed by atoms with Crippen molar-refractivity contribution in [3.63, 3.8) is 0 Å². The van der Waals surface area contributed by atoms with E-state index < -0.39 is 0 Å². The molecule has 90 valence electrons. The second-order valence-electron chi connectivity index (χ2n) is 3.95. The summed E-state index contributed by atoms with van der Waals surface area (Å²) in [6.45, 7) is 0.657. The van der Waals surface area contributed by atoms with Gasteiger partial charge in [0.1, 0.15) is 10.8 Å². The zero-order valence-corrected chi connectivity index (χ0v) is 11.8. The molecule has 3 rings (SSSR count). The van der Waals surface area contributed by atoms with Gasteiger partial charge in [0.05, 0.1) is 24.8 Å². The van der Waals surface area contributed by atoms with Crippen LogP contribution in [0.4, 0.5) is 0 Å². The molecular formula is C13H9BrN2OS. The standard InChI is InChI=1S/C13H9BrN2OS/c14-8-1-2-9-10(7-8)17-6-4-11-13(9)16-12(18-11)3-5-15/h1-2,7H,3-4,6H2. The normalized spacial score (nSPS) is 12.9. The Bertz CT molecular complexity index is 645. The van der Waals surface area contributed by atoms with Crippen LogP contribution >= 0.6 is 27.3 Å². The Morgan fingerprint density at radius 1 is 1.50 bits per heavy atom. The van der Waals surface area contributed by atoms with Gasteiger partial charge in [-0.3, -0.25) is 0 Å². The third-order valence-electron chi connectivity index (χ3n) is 2.76. The zero-order chi connectivity index (χ0) is 12.5. The van der Waals surface area contributed by atoms with Gasteiger partial charge in [-0.2, -0.15) is 5.26 Å². The van der Waals surface area contributed by atoms with Crippen LogP contribution in [0.25, 0.3) is 11.3 Å². The van der Waals surface area contributed by atoms with E-state index in [1.165, 1.54) is 4.88 Å². The molecule has 0 bridgehead atoms. The first-order chi connectivity index (χ1) is 8.78. The lowest BCUT2D eigenvalue weighted by Crippen LogP contribution is -1.97. The molecule has 1 aromatic carbocycles. The van der Waals surface area contributed by atoms with Crippen molar-refractivity contribution in [1.82, 2.24) is 4.98 Å². The minimum atomic E-state index is 0.379. The molecule has 0 unspecified atom stereocenters. The SMILES string of the molecule is N#CCc1nc2c(s1)CCOc1cc(Br)ccc1-2. The maximum Gasteiger partial charge on any atom is 0.129 e. The van der Waals surface area contributed by atoms with E-state index >= 15 is 0 Å². The lowest BCUT2D eigenvalue weighted by atomic mass is 10.1. The molecule has 1 aromatic heterocycles. The summed E-state index contributed by atoms with van der Waals surface area (Å²) >= 11 is 5.06. The Morgan fingerprint density at radius 3 is 3.22 bits per heavy atom. The predicted molar refractivity (Wildman–Crippen MR) is 73.8 cm³/mol. The second-order valence-corrected chi connectivity index (χ2v) is 6.04. The molecule has 0 radical (unpaired) electrons. The largest absolute Gasteiger partial charge is 0.492 e. The van der Waals surface area contributed by atoms with E-state index in [2.05, 4.69) is 27.0 Å². The van der Waals surface area contributed by atoms with Crippen molar-refractivity contribution >= 4 is 27.3 Å². The maximum atomic E-state index is 8.75. The van der Waals surface area contributed by atoms with Crippen LogP contribution in [0.15, 0.2) is 22.7 Å². The summed E-state index contributed by atoms with van der Waals surface area (Å²) in [5, 5.41) is 9.64. The average molecular weight is 321 g/mol. The minimum Gasteiger partial charge on any atom is -0.492 e. The third-order valence-corrected chi connectivity index (χ3v) is 4.37. The first-order valence-corrected chi connectivity index (χ1v) is 7.17. The molecule has 0 saturated carbocycles. The van der Waals surface area contributed by atoms with E-state index in [4.69, 9.17) is 10.00 Å². The van der Waals surface area contributed by atoms with Crippen molar-refractivity contribution in [2.45, 2.75) is 12.8 Å². The molecule has 0 amide bonds. The van der Waals surface area contributed by atoms with E-state index in [0.29, 0.717) is 13.0 Å². The third kappa shape index (κ3) is 2.02. The smallest absolute Gasteiger partial charge is 0.129 e. The number of thiazole rings is 1. The Balaban J connectivity index is 2.15. The lowest BCUT2D eigenvalue weighted by molar-refractivity contribution is 0.327. The fraction of sp³-hybridized carbons (Fsp3) is 0.231. The van der Waals surface area contributed by atoms with Crippen LogP contribution in [-0.2, 0) is 12.8 Å². The number of nitrogens with zero attached hydrogens (tertiary/aromatic N) is 2. The Kier molecular flexibility index (Phi) is 3.06. The summed E-state index contributed by atoms with van der Waals surface area (Å²) in [4.78, 5) is 5.78. The minimum absolute atomic E-state index is 0.379. The van der Waals surface area contributed by atoms with Crippen LogP contribution in [0.5, 0.6) is 5.75 Å². The average Bonchev–Trinajstić information content (AvgIpc) is 2.66. The summed E-state index contributed by atoms with van der Waals surface area (Å²) < 4.78 is 6.74. The van der Waals surface area contributed by atoms with Crippen LogP contribution in [0.1, 0.15) is 9.88 Å². The van der Waals surface area contributed by atoms with E-state index in [0.717, 1.165) is 32.9 Å². The number of halogens is 1. The monoisotopic (exact) mass is 320 g/mol. The van der Waals surface area contributed by atoms with Crippen molar-refractivity contribution in [3.05, 3.63) is 32.6 Å². The molecule has 2 heterocycles. The first kappa shape index (κ1) is 11.7. The van der Waals surface area contributed by atoms with Gasteiger partial charge in [-0.15, -0.1) is 11.3 Å². The first-order valence-electron chi connectivity index (χ1n) is 5.56. The number of nitriles is 1. The van der Waals surface area contributed by atoms with Crippen LogP contribution in [0.3, 0.4) is 0 Å². The van der Waals surface area contributed by atoms with Crippen LogP contribution < -0.4 is 4.74 Å². The number of aromatic nitrogens is 1. The molecule has 0 atom stereocenters. The summed E-state index contributed by atoms with van der Waals surface area (Å²) in [6, 6.07) is 8.12. The number of hydrogen-bond donors (Lipinski definition) is 0. The Labute approximate surface area is 117 Å². The highest BCUT2D eigenvalue weighted by Crippen LogP contribution is 2.38. The molecule has 18 heavy (non-hydrogen) atoms. The molecule has 1 aliphatic heterocycles. The number of rotatable bonds is 1. The molecule has 0 N–H and O–H groups in total. The van der Waals surface area contributed by atoms with E-state index in [9.17, 15) is 0 Å². The van der Waals surface area contributed by atoms with Crippen molar-refractivity contribution < 1.29 is 4.74 Å².